The van der Waals surface area contributed by atoms with Crippen molar-refractivity contribution in [1.29, 1.82) is 0 Å². The molecule has 0 fully saturated rings. The fourth-order valence-corrected chi connectivity index (χ4v) is 1.60. The Morgan fingerprint density at radius 3 is 2.60 bits per heavy atom. The van der Waals surface area contributed by atoms with E-state index < -0.39 is 0 Å². The van der Waals surface area contributed by atoms with Crippen molar-refractivity contribution in [1.82, 2.24) is 5.32 Å². The van der Waals surface area contributed by atoms with Gasteiger partial charge in [-0.15, -0.1) is 0 Å². The zero-order chi connectivity index (χ0) is 11.7. The number of hydrogen-bond acceptors (Lipinski definition) is 3. The summed E-state index contributed by atoms with van der Waals surface area (Å²) in [6, 6.07) is 0. The third-order valence-electron chi connectivity index (χ3n) is 2.54. The molecule has 0 aromatic rings. The van der Waals surface area contributed by atoms with E-state index >= 15 is 0 Å². The van der Waals surface area contributed by atoms with Gasteiger partial charge in [-0.2, -0.15) is 11.8 Å². The lowest BCUT2D eigenvalue weighted by Crippen LogP contribution is -2.31. The maximum absolute atomic E-state index is 11.6. The summed E-state index contributed by atoms with van der Waals surface area (Å²) in [7, 11) is 0. The SMILES string of the molecule is CSC(C)CCNC(=O)C(C)CCCN. The van der Waals surface area contributed by atoms with Gasteiger partial charge >= 0.3 is 0 Å². The fraction of sp³-hybridized carbons (Fsp3) is 0.909. The zero-order valence-corrected chi connectivity index (χ0v) is 10.9. The van der Waals surface area contributed by atoms with E-state index in [1.54, 1.807) is 0 Å². The summed E-state index contributed by atoms with van der Waals surface area (Å²) in [5.74, 6) is 0.259. The first kappa shape index (κ1) is 14.8. The highest BCUT2D eigenvalue weighted by Gasteiger charge is 2.11. The molecule has 2 atom stereocenters. The molecule has 0 bridgehead atoms. The highest BCUT2D eigenvalue weighted by molar-refractivity contribution is 7.99. The number of rotatable bonds is 8. The van der Waals surface area contributed by atoms with Crippen LogP contribution < -0.4 is 11.1 Å². The highest BCUT2D eigenvalue weighted by Crippen LogP contribution is 2.09. The van der Waals surface area contributed by atoms with Crippen LogP contribution in [0.1, 0.15) is 33.1 Å². The maximum atomic E-state index is 11.6. The van der Waals surface area contributed by atoms with E-state index in [1.807, 2.05) is 18.7 Å². The monoisotopic (exact) mass is 232 g/mol. The molecule has 3 nitrogen and oxygen atoms in total. The maximum Gasteiger partial charge on any atom is 0.222 e. The Balaban J connectivity index is 3.55. The summed E-state index contributed by atoms with van der Waals surface area (Å²) in [6.07, 6.45) is 4.95. The van der Waals surface area contributed by atoms with Gasteiger partial charge in [0.05, 0.1) is 0 Å². The van der Waals surface area contributed by atoms with Crippen molar-refractivity contribution in [3.63, 3.8) is 0 Å². The van der Waals surface area contributed by atoms with Crippen molar-refractivity contribution < 1.29 is 4.79 Å². The zero-order valence-electron chi connectivity index (χ0n) is 10.1. The predicted octanol–water partition coefficient (Wildman–Crippen LogP) is 1.62. The van der Waals surface area contributed by atoms with Crippen LogP contribution >= 0.6 is 11.8 Å². The molecule has 0 heterocycles. The van der Waals surface area contributed by atoms with Crippen LogP contribution in [0.15, 0.2) is 0 Å². The van der Waals surface area contributed by atoms with Gasteiger partial charge in [-0.3, -0.25) is 4.79 Å². The second-order valence-corrected chi connectivity index (χ2v) is 5.23. The minimum absolute atomic E-state index is 0.0955. The quantitative estimate of drug-likeness (QED) is 0.668. The molecule has 15 heavy (non-hydrogen) atoms. The van der Waals surface area contributed by atoms with Crippen molar-refractivity contribution in [2.45, 2.75) is 38.4 Å². The second-order valence-electron chi connectivity index (χ2n) is 3.96. The Labute approximate surface area is 97.6 Å². The minimum atomic E-state index is 0.0955. The smallest absolute Gasteiger partial charge is 0.222 e. The molecule has 0 aliphatic carbocycles. The molecule has 2 unspecified atom stereocenters. The molecule has 0 aliphatic rings. The van der Waals surface area contributed by atoms with E-state index in [0.29, 0.717) is 11.8 Å². The number of nitrogens with one attached hydrogen (secondary N) is 1. The standard InChI is InChI=1S/C11H24N2OS/c1-9(5-4-7-12)11(14)13-8-6-10(2)15-3/h9-10H,4-8,12H2,1-3H3,(H,13,14). The molecule has 0 spiro atoms. The number of carbonyl (C=O) groups is 1. The van der Waals surface area contributed by atoms with E-state index in [-0.39, 0.29) is 11.8 Å². The van der Waals surface area contributed by atoms with Crippen LogP contribution in [0.3, 0.4) is 0 Å². The molecule has 0 aromatic heterocycles. The molecule has 0 saturated carbocycles. The molecule has 0 aliphatic heterocycles. The second kappa shape index (κ2) is 9.04. The van der Waals surface area contributed by atoms with Gasteiger partial charge in [-0.25, -0.2) is 0 Å². The summed E-state index contributed by atoms with van der Waals surface area (Å²) in [4.78, 5) is 11.6. The average molecular weight is 232 g/mol. The first-order valence-electron chi connectivity index (χ1n) is 5.62. The largest absolute Gasteiger partial charge is 0.356 e. The number of amides is 1. The van der Waals surface area contributed by atoms with Crippen LogP contribution in [0.4, 0.5) is 0 Å². The van der Waals surface area contributed by atoms with Crippen LogP contribution in [0.25, 0.3) is 0 Å². The van der Waals surface area contributed by atoms with E-state index in [2.05, 4.69) is 18.5 Å². The lowest BCUT2D eigenvalue weighted by molar-refractivity contribution is -0.124. The molecular formula is C11H24N2OS. The van der Waals surface area contributed by atoms with Gasteiger partial charge in [0.15, 0.2) is 0 Å². The van der Waals surface area contributed by atoms with E-state index in [0.717, 1.165) is 25.8 Å². The molecule has 0 saturated heterocycles. The molecule has 3 N–H and O–H groups in total. The summed E-state index contributed by atoms with van der Waals surface area (Å²) in [5, 5.41) is 3.58. The fourth-order valence-electron chi connectivity index (χ4n) is 1.25. The molecule has 90 valence electrons. The first-order valence-corrected chi connectivity index (χ1v) is 6.91. The molecule has 0 radical (unpaired) electrons. The molecule has 0 rings (SSSR count). The van der Waals surface area contributed by atoms with Gasteiger partial charge < -0.3 is 11.1 Å². The van der Waals surface area contributed by atoms with E-state index in [4.69, 9.17) is 5.73 Å². The number of hydrogen-bond donors (Lipinski definition) is 2. The van der Waals surface area contributed by atoms with Crippen LogP contribution in [0.2, 0.25) is 0 Å². The molecule has 0 aromatic carbocycles. The normalized spacial score (nSPS) is 14.7. The third kappa shape index (κ3) is 7.68. The first-order chi connectivity index (χ1) is 7.11. The minimum Gasteiger partial charge on any atom is -0.356 e. The van der Waals surface area contributed by atoms with Crippen LogP contribution in [-0.2, 0) is 4.79 Å². The van der Waals surface area contributed by atoms with Crippen molar-refractivity contribution in [3.8, 4) is 0 Å². The lowest BCUT2D eigenvalue weighted by Gasteiger charge is -2.13. The number of thioether (sulfide) groups is 1. The van der Waals surface area contributed by atoms with E-state index in [1.165, 1.54) is 0 Å². The third-order valence-corrected chi connectivity index (χ3v) is 3.58. The van der Waals surface area contributed by atoms with Crippen molar-refractivity contribution in [3.05, 3.63) is 0 Å². The Bertz CT molecular complexity index is 176. The Morgan fingerprint density at radius 2 is 2.07 bits per heavy atom. The lowest BCUT2D eigenvalue weighted by atomic mass is 10.1. The topological polar surface area (TPSA) is 55.1 Å². The van der Waals surface area contributed by atoms with Gasteiger partial charge in [0.25, 0.3) is 0 Å². The molecule has 4 heteroatoms. The van der Waals surface area contributed by atoms with Crippen molar-refractivity contribution in [2.75, 3.05) is 19.3 Å². The summed E-state index contributed by atoms with van der Waals surface area (Å²) >= 11 is 1.83. The van der Waals surface area contributed by atoms with E-state index in [9.17, 15) is 4.79 Å². The number of carbonyl (C=O) groups excluding carboxylic acids is 1. The highest BCUT2D eigenvalue weighted by atomic mass is 32.2. The van der Waals surface area contributed by atoms with Gasteiger partial charge in [0, 0.05) is 17.7 Å². The van der Waals surface area contributed by atoms with Gasteiger partial charge in [-0.1, -0.05) is 13.8 Å². The summed E-state index contributed by atoms with van der Waals surface area (Å²) in [5.41, 5.74) is 5.40. The van der Waals surface area contributed by atoms with Crippen molar-refractivity contribution >= 4 is 17.7 Å². The van der Waals surface area contributed by atoms with Crippen LogP contribution in [0, 0.1) is 5.92 Å². The van der Waals surface area contributed by atoms with Gasteiger partial charge in [0.2, 0.25) is 5.91 Å². The van der Waals surface area contributed by atoms with Gasteiger partial charge in [0.1, 0.15) is 0 Å². The Kier molecular flexibility index (Phi) is 8.91. The van der Waals surface area contributed by atoms with Crippen molar-refractivity contribution in [2.24, 2.45) is 11.7 Å². The average Bonchev–Trinajstić information content (AvgIpc) is 2.25. The Hall–Kier alpha value is -0.220. The van der Waals surface area contributed by atoms with Crippen LogP contribution in [-0.4, -0.2) is 30.5 Å². The van der Waals surface area contributed by atoms with Crippen LogP contribution in [0.5, 0.6) is 0 Å². The summed E-state index contributed by atoms with van der Waals surface area (Å²) in [6.45, 7) is 5.59. The predicted molar refractivity (Wildman–Crippen MR) is 68.1 cm³/mol. The van der Waals surface area contributed by atoms with Gasteiger partial charge in [-0.05, 0) is 32.1 Å². The Morgan fingerprint density at radius 1 is 1.40 bits per heavy atom. The molecule has 1 amide bonds. The summed E-state index contributed by atoms with van der Waals surface area (Å²) < 4.78 is 0. The molecular weight excluding hydrogens is 208 g/mol. The number of nitrogens with two attached hydrogens (primary N) is 1.